The van der Waals surface area contributed by atoms with Crippen LogP contribution in [0.25, 0.3) is 10.9 Å². The number of hydrogen-bond donors (Lipinski definition) is 3. The van der Waals surface area contributed by atoms with Crippen molar-refractivity contribution in [2.75, 3.05) is 30.3 Å². The number of ether oxygens (including phenoxy) is 1. The number of aromatic nitrogens is 1. The minimum absolute atomic E-state index is 0.118. The summed E-state index contributed by atoms with van der Waals surface area (Å²) >= 11 is 0. The molecular formula is C18H20F2N4O4. The molecule has 1 saturated heterocycles. The maximum absolute atomic E-state index is 15.5. The van der Waals surface area contributed by atoms with Crippen molar-refractivity contribution in [3.8, 4) is 5.75 Å². The molecule has 4 rings (SSSR count). The van der Waals surface area contributed by atoms with E-state index in [0.717, 1.165) is 19.0 Å². The van der Waals surface area contributed by atoms with Crippen LogP contribution in [0.1, 0.15) is 25.3 Å². The van der Waals surface area contributed by atoms with Gasteiger partial charge < -0.3 is 30.8 Å². The van der Waals surface area contributed by atoms with Gasteiger partial charge in [-0.1, -0.05) is 0 Å². The Hall–Kier alpha value is -2.88. The van der Waals surface area contributed by atoms with Gasteiger partial charge in [-0.2, -0.15) is 0 Å². The molecule has 0 radical (unpaired) electrons. The van der Waals surface area contributed by atoms with Gasteiger partial charge in [0.2, 0.25) is 5.43 Å². The largest absolute Gasteiger partial charge is 0.511 e. The van der Waals surface area contributed by atoms with E-state index in [-0.39, 0.29) is 23.2 Å². The summed E-state index contributed by atoms with van der Waals surface area (Å²) in [5, 5.41) is 8.45. The Morgan fingerprint density at radius 1 is 1.29 bits per heavy atom. The van der Waals surface area contributed by atoms with E-state index in [2.05, 4.69) is 4.74 Å². The molecule has 2 aromatic rings. The minimum Gasteiger partial charge on any atom is -0.449 e. The van der Waals surface area contributed by atoms with Crippen molar-refractivity contribution in [3.63, 3.8) is 0 Å². The number of pyridine rings is 1. The predicted molar refractivity (Wildman–Crippen MR) is 98.8 cm³/mol. The lowest BCUT2D eigenvalue weighted by Gasteiger charge is -2.23. The van der Waals surface area contributed by atoms with Crippen LogP contribution in [0.4, 0.5) is 25.0 Å². The van der Waals surface area contributed by atoms with E-state index >= 15 is 8.78 Å². The molecule has 0 spiro atoms. The molecule has 150 valence electrons. The Kier molecular flexibility index (Phi) is 4.37. The standard InChI is InChI=1S/C18H20F2N4O4/c19-12-14(22)11-15(13(20)16(12)23-4-3-8(5-21)6-23)24(9-1-2-9)7-10(17(11)25)28-18(26)27/h7-9H,1-6,21-22H2,(H,26,27). The predicted octanol–water partition coefficient (Wildman–Crippen LogP) is 2.04. The van der Waals surface area contributed by atoms with Gasteiger partial charge in [0.25, 0.3) is 0 Å². The van der Waals surface area contributed by atoms with Gasteiger partial charge in [-0.25, -0.2) is 13.6 Å². The van der Waals surface area contributed by atoms with Gasteiger partial charge in [0.1, 0.15) is 5.69 Å². The van der Waals surface area contributed by atoms with Gasteiger partial charge in [-0.05, 0) is 31.7 Å². The number of anilines is 2. The number of carbonyl (C=O) groups is 1. The van der Waals surface area contributed by atoms with Crippen LogP contribution in [0.5, 0.6) is 5.75 Å². The van der Waals surface area contributed by atoms with E-state index < -0.39 is 40.0 Å². The maximum atomic E-state index is 15.5. The Bertz CT molecular complexity index is 1030. The molecule has 1 aromatic carbocycles. The third kappa shape index (κ3) is 2.84. The van der Waals surface area contributed by atoms with E-state index in [0.29, 0.717) is 26.1 Å². The number of rotatable bonds is 4. The van der Waals surface area contributed by atoms with E-state index in [4.69, 9.17) is 16.6 Å². The van der Waals surface area contributed by atoms with E-state index in [1.165, 1.54) is 4.57 Å². The molecule has 10 heteroatoms. The summed E-state index contributed by atoms with van der Waals surface area (Å²) in [6.07, 6.45) is 1.60. The van der Waals surface area contributed by atoms with Crippen molar-refractivity contribution in [2.24, 2.45) is 11.7 Å². The van der Waals surface area contributed by atoms with Crippen LogP contribution in [-0.2, 0) is 0 Å². The quantitative estimate of drug-likeness (QED) is 0.535. The minimum atomic E-state index is -1.69. The molecule has 1 aliphatic heterocycles. The van der Waals surface area contributed by atoms with Crippen LogP contribution in [0.15, 0.2) is 11.0 Å². The number of nitrogen functional groups attached to an aromatic ring is 1. The van der Waals surface area contributed by atoms with Gasteiger partial charge >= 0.3 is 6.16 Å². The van der Waals surface area contributed by atoms with Crippen LogP contribution < -0.4 is 26.5 Å². The van der Waals surface area contributed by atoms with Gasteiger partial charge in [-0.3, -0.25) is 4.79 Å². The molecule has 1 aromatic heterocycles. The summed E-state index contributed by atoms with van der Waals surface area (Å²) in [6.45, 7) is 1.23. The second-order valence-corrected chi connectivity index (χ2v) is 7.28. The first-order chi connectivity index (χ1) is 13.3. The molecule has 2 aliphatic rings. The SMILES string of the molecule is NCC1CCN(c2c(F)c(N)c3c(=O)c(OC(=O)O)cn(C4CC4)c3c2F)C1. The van der Waals surface area contributed by atoms with Crippen molar-refractivity contribution in [1.29, 1.82) is 0 Å². The Labute approximate surface area is 158 Å². The van der Waals surface area contributed by atoms with Crippen LogP contribution in [0, 0.1) is 17.6 Å². The Morgan fingerprint density at radius 3 is 2.57 bits per heavy atom. The Balaban J connectivity index is 1.99. The molecule has 1 aliphatic carbocycles. The fourth-order valence-corrected chi connectivity index (χ4v) is 3.84. The normalized spacial score (nSPS) is 19.4. The molecule has 1 atom stereocenters. The molecular weight excluding hydrogens is 374 g/mol. The molecule has 8 nitrogen and oxygen atoms in total. The van der Waals surface area contributed by atoms with Gasteiger partial charge in [0.15, 0.2) is 17.4 Å². The molecule has 0 bridgehead atoms. The van der Waals surface area contributed by atoms with Crippen molar-refractivity contribution in [3.05, 3.63) is 28.1 Å². The first-order valence-corrected chi connectivity index (χ1v) is 9.04. The summed E-state index contributed by atoms with van der Waals surface area (Å²) < 4.78 is 36.5. The number of benzene rings is 1. The zero-order valence-corrected chi connectivity index (χ0v) is 15.0. The first kappa shape index (κ1) is 18.5. The fourth-order valence-electron chi connectivity index (χ4n) is 3.84. The number of nitrogens with two attached hydrogens (primary N) is 2. The molecule has 28 heavy (non-hydrogen) atoms. The summed E-state index contributed by atoms with van der Waals surface area (Å²) in [6, 6.07) is -0.137. The van der Waals surface area contributed by atoms with Gasteiger partial charge in [0, 0.05) is 19.1 Å². The monoisotopic (exact) mass is 394 g/mol. The highest BCUT2D eigenvalue weighted by Crippen LogP contribution is 2.42. The number of carboxylic acid groups (broad SMARTS) is 1. The average molecular weight is 394 g/mol. The van der Waals surface area contributed by atoms with E-state index in [1.807, 2.05) is 0 Å². The summed E-state index contributed by atoms with van der Waals surface area (Å²) in [4.78, 5) is 25.1. The molecule has 1 unspecified atom stereocenters. The van der Waals surface area contributed by atoms with Crippen molar-refractivity contribution < 1.29 is 23.4 Å². The third-order valence-electron chi connectivity index (χ3n) is 5.40. The van der Waals surface area contributed by atoms with Gasteiger partial charge in [-0.15, -0.1) is 0 Å². The first-order valence-electron chi connectivity index (χ1n) is 9.04. The van der Waals surface area contributed by atoms with Crippen LogP contribution in [-0.4, -0.2) is 35.5 Å². The summed E-state index contributed by atoms with van der Waals surface area (Å²) in [5.74, 6) is -2.33. The summed E-state index contributed by atoms with van der Waals surface area (Å²) in [7, 11) is 0. The molecule has 5 N–H and O–H groups in total. The van der Waals surface area contributed by atoms with Crippen LogP contribution in [0.3, 0.4) is 0 Å². The number of hydrogen-bond acceptors (Lipinski definition) is 6. The molecule has 0 amide bonds. The van der Waals surface area contributed by atoms with Gasteiger partial charge in [0.05, 0.1) is 22.8 Å². The van der Waals surface area contributed by atoms with E-state index in [1.54, 1.807) is 4.90 Å². The summed E-state index contributed by atoms with van der Waals surface area (Å²) in [5.41, 5.74) is 9.69. The molecule has 1 saturated carbocycles. The Morgan fingerprint density at radius 2 is 2.00 bits per heavy atom. The number of fused-ring (bicyclic) bond motifs is 1. The lowest BCUT2D eigenvalue weighted by Crippen LogP contribution is -2.26. The topological polar surface area (TPSA) is 124 Å². The zero-order valence-electron chi connectivity index (χ0n) is 15.0. The smallest absolute Gasteiger partial charge is 0.449 e. The number of halogens is 2. The van der Waals surface area contributed by atoms with E-state index in [9.17, 15) is 9.59 Å². The van der Waals surface area contributed by atoms with Crippen LogP contribution >= 0.6 is 0 Å². The lowest BCUT2D eigenvalue weighted by atomic mass is 10.1. The highest BCUT2D eigenvalue weighted by molar-refractivity contribution is 5.96. The second kappa shape index (κ2) is 6.62. The molecule has 2 heterocycles. The zero-order chi connectivity index (χ0) is 20.2. The maximum Gasteiger partial charge on any atom is 0.511 e. The highest BCUT2D eigenvalue weighted by Gasteiger charge is 2.34. The van der Waals surface area contributed by atoms with Crippen molar-refractivity contribution in [1.82, 2.24) is 4.57 Å². The third-order valence-corrected chi connectivity index (χ3v) is 5.40. The number of nitrogens with zero attached hydrogens (tertiary/aromatic N) is 2. The lowest BCUT2D eigenvalue weighted by molar-refractivity contribution is 0.143. The van der Waals surface area contributed by atoms with Crippen LogP contribution in [0.2, 0.25) is 0 Å². The highest BCUT2D eigenvalue weighted by atomic mass is 19.1. The fraction of sp³-hybridized carbons (Fsp3) is 0.444. The second-order valence-electron chi connectivity index (χ2n) is 7.28. The van der Waals surface area contributed by atoms with Crippen molar-refractivity contribution in [2.45, 2.75) is 25.3 Å². The molecule has 2 fully saturated rings. The van der Waals surface area contributed by atoms with Crippen molar-refractivity contribution >= 4 is 28.4 Å². The average Bonchev–Trinajstić information content (AvgIpc) is 3.39.